The van der Waals surface area contributed by atoms with Gasteiger partial charge in [-0.3, -0.25) is 37.3 Å². The summed E-state index contributed by atoms with van der Waals surface area (Å²) in [6, 6.07) is 0. The van der Waals surface area contributed by atoms with Crippen LogP contribution in [0.1, 0.15) is 357 Å². The first-order chi connectivity index (χ1) is 43.6. The van der Waals surface area contributed by atoms with Crippen LogP contribution in [0.15, 0.2) is 0 Å². The first-order valence-electron chi connectivity index (χ1n) is 37.2. The molecule has 0 bridgehead atoms. The molecule has 540 valence electrons. The van der Waals surface area contributed by atoms with E-state index in [1.54, 1.807) is 0 Å². The number of hydrogen-bond acceptors (Lipinski definition) is 15. The second kappa shape index (κ2) is 61.6. The largest absolute Gasteiger partial charge is 0.472 e. The van der Waals surface area contributed by atoms with Crippen molar-refractivity contribution in [1.82, 2.24) is 0 Å². The summed E-state index contributed by atoms with van der Waals surface area (Å²) in [6.07, 6.45) is 44.7. The second-order valence-electron chi connectivity index (χ2n) is 27.9. The molecule has 0 saturated heterocycles. The number of aliphatic hydroxyl groups is 1. The summed E-state index contributed by atoms with van der Waals surface area (Å²) in [5.74, 6) is 0.816. The molecule has 0 aromatic rings. The van der Waals surface area contributed by atoms with Crippen LogP contribution < -0.4 is 0 Å². The van der Waals surface area contributed by atoms with Gasteiger partial charge in [-0.05, 0) is 49.4 Å². The molecule has 0 aliphatic rings. The normalized spacial score (nSPS) is 14.2. The molecule has 17 nitrogen and oxygen atoms in total. The van der Waals surface area contributed by atoms with Gasteiger partial charge in [0.25, 0.3) is 0 Å². The van der Waals surface area contributed by atoms with Crippen LogP contribution in [0, 0.1) is 23.7 Å². The van der Waals surface area contributed by atoms with E-state index in [0.29, 0.717) is 37.5 Å². The van der Waals surface area contributed by atoms with Gasteiger partial charge in [0.2, 0.25) is 0 Å². The molecular formula is C72H140O17P2. The predicted octanol–water partition coefficient (Wildman–Crippen LogP) is 20.5. The van der Waals surface area contributed by atoms with Crippen LogP contribution in [-0.4, -0.2) is 96.7 Å². The molecule has 0 aliphatic heterocycles. The molecule has 0 aromatic heterocycles. The standard InChI is InChI=1S/C72H140O17P2/c1-62(2)48-40-32-24-19-15-12-10-9-11-13-17-21-27-36-44-52-69(74)82-58-67(89-72(77)55-47-39-29-23-26-34-42-50-64(5)6)60-86-90(78,79)84-56-66(73)57-85-91(80,81)87-61-68(59-83-70(75)53-45-37-31-30-35-43-51-65(7)8)88-71(76)54-46-38-28-22-18-14-16-20-25-33-41-49-63(3)4/h62-68,73H,9-61H2,1-8H3,(H,78,79)(H,80,81)/t66-,67-,68-/m1/s1. The van der Waals surface area contributed by atoms with Crippen molar-refractivity contribution in [3.63, 3.8) is 0 Å². The highest BCUT2D eigenvalue weighted by Crippen LogP contribution is 2.45. The van der Waals surface area contributed by atoms with Crippen LogP contribution in [0.3, 0.4) is 0 Å². The number of phosphoric ester groups is 2. The topological polar surface area (TPSA) is 237 Å². The number of aliphatic hydroxyl groups excluding tert-OH is 1. The molecular weight excluding hydrogens is 1200 g/mol. The lowest BCUT2D eigenvalue weighted by atomic mass is 10.0. The molecule has 0 radical (unpaired) electrons. The Morgan fingerprint density at radius 2 is 0.462 bits per heavy atom. The van der Waals surface area contributed by atoms with Gasteiger partial charge in [0.1, 0.15) is 19.3 Å². The molecule has 0 fully saturated rings. The van der Waals surface area contributed by atoms with Gasteiger partial charge in [-0.1, -0.05) is 306 Å². The molecule has 0 aliphatic carbocycles. The number of rotatable bonds is 69. The van der Waals surface area contributed by atoms with Gasteiger partial charge < -0.3 is 33.8 Å². The average molecular weight is 1340 g/mol. The number of carbonyl (C=O) groups is 4. The maximum atomic E-state index is 13.0. The minimum absolute atomic E-state index is 0.103. The monoisotopic (exact) mass is 1340 g/mol. The van der Waals surface area contributed by atoms with Crippen LogP contribution in [-0.2, 0) is 65.4 Å². The highest BCUT2D eigenvalue weighted by atomic mass is 31.2. The Balaban J connectivity index is 5.18. The molecule has 91 heavy (non-hydrogen) atoms. The molecule has 0 rings (SSSR count). The zero-order valence-corrected chi connectivity index (χ0v) is 61.3. The van der Waals surface area contributed by atoms with Crippen molar-refractivity contribution in [2.24, 2.45) is 23.7 Å². The van der Waals surface area contributed by atoms with Crippen LogP contribution in [0.25, 0.3) is 0 Å². The Labute approximate surface area is 556 Å². The Morgan fingerprint density at radius 1 is 0.275 bits per heavy atom. The lowest BCUT2D eigenvalue weighted by molar-refractivity contribution is -0.161. The molecule has 0 spiro atoms. The van der Waals surface area contributed by atoms with Gasteiger partial charge >= 0.3 is 39.5 Å². The molecule has 0 amide bonds. The Morgan fingerprint density at radius 3 is 0.681 bits per heavy atom. The predicted molar refractivity (Wildman–Crippen MR) is 367 cm³/mol. The summed E-state index contributed by atoms with van der Waals surface area (Å²) in [4.78, 5) is 72.5. The Hall–Kier alpha value is -1.94. The van der Waals surface area contributed by atoms with Crippen molar-refractivity contribution < 1.29 is 80.2 Å². The quantitative estimate of drug-likeness (QED) is 0.0222. The van der Waals surface area contributed by atoms with E-state index >= 15 is 0 Å². The Bertz CT molecular complexity index is 1800. The van der Waals surface area contributed by atoms with E-state index in [4.69, 9.17) is 37.0 Å². The average Bonchev–Trinajstić information content (AvgIpc) is 3.71. The van der Waals surface area contributed by atoms with E-state index in [2.05, 4.69) is 55.4 Å². The highest BCUT2D eigenvalue weighted by molar-refractivity contribution is 7.47. The first kappa shape index (κ1) is 89.1. The van der Waals surface area contributed by atoms with Gasteiger partial charge in [0.05, 0.1) is 26.4 Å². The van der Waals surface area contributed by atoms with Crippen molar-refractivity contribution in [1.29, 1.82) is 0 Å². The number of phosphoric acid groups is 2. The SMILES string of the molecule is CC(C)CCCCCCCCCCCCCCCCCC(=O)OC[C@H](COP(=O)(O)OC[C@@H](O)COP(=O)(O)OC[C@@H](COC(=O)CCCCCCCCC(C)C)OC(=O)CCCCCCCCCCCCCC(C)C)OC(=O)CCCCCCCCCC(C)C. The maximum absolute atomic E-state index is 13.0. The summed E-state index contributed by atoms with van der Waals surface area (Å²) in [5.41, 5.74) is 0. The van der Waals surface area contributed by atoms with E-state index in [-0.39, 0.29) is 25.7 Å². The van der Waals surface area contributed by atoms with E-state index in [1.807, 2.05) is 0 Å². The van der Waals surface area contributed by atoms with Crippen LogP contribution >= 0.6 is 15.6 Å². The maximum Gasteiger partial charge on any atom is 0.472 e. The summed E-state index contributed by atoms with van der Waals surface area (Å²) in [6.45, 7) is 14.0. The number of carbonyl (C=O) groups excluding carboxylic acids is 4. The lowest BCUT2D eigenvalue weighted by Gasteiger charge is -2.21. The zero-order valence-electron chi connectivity index (χ0n) is 59.5. The van der Waals surface area contributed by atoms with Crippen LogP contribution in [0.2, 0.25) is 0 Å². The molecule has 5 atom stereocenters. The number of unbranched alkanes of at least 4 members (excludes halogenated alkanes) is 35. The van der Waals surface area contributed by atoms with Gasteiger partial charge in [0, 0.05) is 25.7 Å². The van der Waals surface area contributed by atoms with Crippen LogP contribution in [0.5, 0.6) is 0 Å². The first-order valence-corrected chi connectivity index (χ1v) is 40.2. The molecule has 19 heteroatoms. The summed E-state index contributed by atoms with van der Waals surface area (Å²) >= 11 is 0. The van der Waals surface area contributed by atoms with Crippen molar-refractivity contribution in [2.75, 3.05) is 39.6 Å². The van der Waals surface area contributed by atoms with Crippen molar-refractivity contribution in [2.45, 2.75) is 375 Å². The van der Waals surface area contributed by atoms with Gasteiger partial charge in [-0.2, -0.15) is 0 Å². The third-order valence-electron chi connectivity index (χ3n) is 16.6. The lowest BCUT2D eigenvalue weighted by Crippen LogP contribution is -2.30. The van der Waals surface area contributed by atoms with E-state index in [0.717, 1.165) is 108 Å². The zero-order chi connectivity index (χ0) is 67.5. The summed E-state index contributed by atoms with van der Waals surface area (Å²) in [7, 11) is -9.90. The third-order valence-corrected chi connectivity index (χ3v) is 18.5. The minimum Gasteiger partial charge on any atom is -0.462 e. The van der Waals surface area contributed by atoms with Crippen molar-refractivity contribution >= 4 is 39.5 Å². The fourth-order valence-corrected chi connectivity index (χ4v) is 12.4. The number of ether oxygens (including phenoxy) is 4. The van der Waals surface area contributed by atoms with Crippen molar-refractivity contribution in [3.8, 4) is 0 Å². The molecule has 0 aromatic carbocycles. The molecule has 2 unspecified atom stereocenters. The number of esters is 4. The molecule has 0 saturated carbocycles. The van der Waals surface area contributed by atoms with Gasteiger partial charge in [-0.25, -0.2) is 9.13 Å². The van der Waals surface area contributed by atoms with E-state index in [1.165, 1.54) is 154 Å². The van der Waals surface area contributed by atoms with Crippen molar-refractivity contribution in [3.05, 3.63) is 0 Å². The Kier molecular flexibility index (Phi) is 60.3. The number of hydrogen-bond donors (Lipinski definition) is 3. The third kappa shape index (κ3) is 66.5. The molecule has 0 heterocycles. The molecule has 3 N–H and O–H groups in total. The fourth-order valence-electron chi connectivity index (χ4n) is 10.8. The van der Waals surface area contributed by atoms with Gasteiger partial charge in [0.15, 0.2) is 12.2 Å². The summed E-state index contributed by atoms with van der Waals surface area (Å²) < 4.78 is 68.3. The van der Waals surface area contributed by atoms with E-state index in [9.17, 15) is 43.2 Å². The minimum atomic E-state index is -4.95. The second-order valence-corrected chi connectivity index (χ2v) is 30.8. The smallest absolute Gasteiger partial charge is 0.462 e. The van der Waals surface area contributed by atoms with Gasteiger partial charge in [-0.15, -0.1) is 0 Å². The van der Waals surface area contributed by atoms with Crippen LogP contribution in [0.4, 0.5) is 0 Å². The fraction of sp³-hybridized carbons (Fsp3) is 0.944. The summed E-state index contributed by atoms with van der Waals surface area (Å²) in [5, 5.41) is 10.6. The highest BCUT2D eigenvalue weighted by Gasteiger charge is 2.30. The van der Waals surface area contributed by atoms with E-state index < -0.39 is 97.5 Å².